The summed E-state index contributed by atoms with van der Waals surface area (Å²) in [6, 6.07) is 7.75. The summed E-state index contributed by atoms with van der Waals surface area (Å²) < 4.78 is 5.11. The molecule has 0 amide bonds. The molecule has 102 valence electrons. The third-order valence-corrected chi connectivity index (χ3v) is 4.09. The van der Waals surface area contributed by atoms with E-state index in [1.165, 1.54) is 19.3 Å². The van der Waals surface area contributed by atoms with Gasteiger partial charge in [-0.2, -0.15) is 0 Å². The van der Waals surface area contributed by atoms with Crippen LogP contribution in [0, 0.1) is 5.41 Å². The number of hydrogen-bond acceptors (Lipinski definition) is 2. The lowest BCUT2D eigenvalue weighted by atomic mass is 9.72. The quantitative estimate of drug-likeness (QED) is 0.755. The average Bonchev–Trinajstić information content (AvgIpc) is 2.46. The molecule has 0 aromatic heterocycles. The minimum Gasteiger partial charge on any atom is -0.497 e. The number of ether oxygens (including phenoxy) is 1. The van der Waals surface area contributed by atoms with Gasteiger partial charge in [0.05, 0.1) is 7.11 Å². The SMILES string of the molecule is COc1ccc(/C=C\C(=O)C2(C)CCCCC2)cc1. The van der Waals surface area contributed by atoms with Crippen LogP contribution in [0.2, 0.25) is 0 Å². The van der Waals surface area contributed by atoms with Crippen LogP contribution >= 0.6 is 0 Å². The van der Waals surface area contributed by atoms with Crippen LogP contribution in [0.3, 0.4) is 0 Å². The van der Waals surface area contributed by atoms with Crippen LogP contribution in [0.25, 0.3) is 6.08 Å². The molecule has 1 saturated carbocycles. The van der Waals surface area contributed by atoms with Crippen molar-refractivity contribution >= 4 is 11.9 Å². The summed E-state index contributed by atoms with van der Waals surface area (Å²) >= 11 is 0. The van der Waals surface area contributed by atoms with Gasteiger partial charge in [0.25, 0.3) is 0 Å². The highest BCUT2D eigenvalue weighted by molar-refractivity contribution is 5.97. The van der Waals surface area contributed by atoms with E-state index in [4.69, 9.17) is 4.74 Å². The largest absolute Gasteiger partial charge is 0.497 e. The molecule has 1 aromatic rings. The minimum absolute atomic E-state index is 0.138. The van der Waals surface area contributed by atoms with Crippen LogP contribution in [0.5, 0.6) is 5.75 Å². The van der Waals surface area contributed by atoms with Crippen molar-refractivity contribution in [1.82, 2.24) is 0 Å². The van der Waals surface area contributed by atoms with Crippen LogP contribution in [-0.4, -0.2) is 12.9 Å². The highest BCUT2D eigenvalue weighted by Gasteiger charge is 2.32. The van der Waals surface area contributed by atoms with Crippen molar-refractivity contribution in [3.63, 3.8) is 0 Å². The number of rotatable bonds is 4. The molecule has 2 nitrogen and oxygen atoms in total. The maximum Gasteiger partial charge on any atom is 0.161 e. The van der Waals surface area contributed by atoms with Gasteiger partial charge in [-0.25, -0.2) is 0 Å². The number of benzene rings is 1. The van der Waals surface area contributed by atoms with Gasteiger partial charge in [-0.1, -0.05) is 44.4 Å². The number of allylic oxidation sites excluding steroid dienone is 1. The second kappa shape index (κ2) is 6.05. The van der Waals surface area contributed by atoms with Crippen molar-refractivity contribution in [3.05, 3.63) is 35.9 Å². The molecule has 0 N–H and O–H groups in total. The second-order valence-electron chi connectivity index (χ2n) is 5.59. The molecule has 0 atom stereocenters. The molecule has 0 bridgehead atoms. The van der Waals surface area contributed by atoms with Gasteiger partial charge in [0.15, 0.2) is 5.78 Å². The van der Waals surface area contributed by atoms with E-state index in [0.29, 0.717) is 0 Å². The van der Waals surface area contributed by atoms with Gasteiger partial charge < -0.3 is 4.74 Å². The van der Waals surface area contributed by atoms with Gasteiger partial charge in [-0.15, -0.1) is 0 Å². The number of hydrogen-bond donors (Lipinski definition) is 0. The second-order valence-corrected chi connectivity index (χ2v) is 5.59. The Morgan fingerprint density at radius 1 is 1.16 bits per heavy atom. The van der Waals surface area contributed by atoms with Crippen LogP contribution in [0.15, 0.2) is 30.3 Å². The van der Waals surface area contributed by atoms with Gasteiger partial charge in [0, 0.05) is 5.41 Å². The van der Waals surface area contributed by atoms with Crippen LogP contribution in [0.4, 0.5) is 0 Å². The zero-order valence-electron chi connectivity index (χ0n) is 11.8. The van der Waals surface area contributed by atoms with E-state index in [2.05, 4.69) is 6.92 Å². The molecule has 0 radical (unpaired) electrons. The van der Waals surface area contributed by atoms with Crippen molar-refractivity contribution in [2.45, 2.75) is 39.0 Å². The topological polar surface area (TPSA) is 26.3 Å². The van der Waals surface area contributed by atoms with E-state index in [1.54, 1.807) is 13.2 Å². The Labute approximate surface area is 115 Å². The number of methoxy groups -OCH3 is 1. The number of carbonyl (C=O) groups is 1. The molecular weight excluding hydrogens is 236 g/mol. The fourth-order valence-electron chi connectivity index (χ4n) is 2.67. The van der Waals surface area contributed by atoms with Gasteiger partial charge in [-0.3, -0.25) is 4.79 Å². The molecule has 19 heavy (non-hydrogen) atoms. The zero-order chi connectivity index (χ0) is 13.7. The molecule has 0 unspecified atom stereocenters. The third kappa shape index (κ3) is 3.46. The summed E-state index contributed by atoms with van der Waals surface area (Å²) in [5, 5.41) is 0. The summed E-state index contributed by atoms with van der Waals surface area (Å²) in [5.74, 6) is 1.10. The van der Waals surface area contributed by atoms with Gasteiger partial charge in [0.2, 0.25) is 0 Å². The summed E-state index contributed by atoms with van der Waals surface area (Å²) in [4.78, 5) is 12.3. The molecule has 2 rings (SSSR count). The van der Waals surface area contributed by atoms with E-state index < -0.39 is 0 Å². The highest BCUT2D eigenvalue weighted by Crippen LogP contribution is 2.36. The van der Waals surface area contributed by atoms with E-state index in [0.717, 1.165) is 24.2 Å². The van der Waals surface area contributed by atoms with E-state index in [9.17, 15) is 4.79 Å². The molecule has 1 aromatic carbocycles. The maximum atomic E-state index is 12.3. The Hall–Kier alpha value is -1.57. The van der Waals surface area contributed by atoms with Crippen molar-refractivity contribution in [3.8, 4) is 5.75 Å². The van der Waals surface area contributed by atoms with Crippen molar-refractivity contribution in [1.29, 1.82) is 0 Å². The van der Waals surface area contributed by atoms with Gasteiger partial charge in [0.1, 0.15) is 5.75 Å². The Bertz CT molecular complexity index is 451. The fraction of sp³-hybridized carbons (Fsp3) is 0.471. The predicted octanol–water partition coefficient (Wildman–Crippen LogP) is 4.25. The van der Waals surface area contributed by atoms with Crippen molar-refractivity contribution < 1.29 is 9.53 Å². The first kappa shape index (κ1) is 13.9. The summed E-state index contributed by atoms with van der Waals surface area (Å²) in [5.41, 5.74) is 0.898. The zero-order valence-corrected chi connectivity index (χ0v) is 11.8. The fourth-order valence-corrected chi connectivity index (χ4v) is 2.67. The highest BCUT2D eigenvalue weighted by atomic mass is 16.5. The number of carbonyl (C=O) groups excluding carboxylic acids is 1. The summed E-state index contributed by atoms with van der Waals surface area (Å²) in [7, 11) is 1.65. The normalized spacial score (nSPS) is 18.4. The first-order chi connectivity index (χ1) is 9.14. The van der Waals surface area contributed by atoms with Crippen molar-refractivity contribution in [2.24, 2.45) is 5.41 Å². The summed E-state index contributed by atoms with van der Waals surface area (Å²) in [6.07, 6.45) is 9.33. The van der Waals surface area contributed by atoms with Crippen molar-refractivity contribution in [2.75, 3.05) is 7.11 Å². The summed E-state index contributed by atoms with van der Waals surface area (Å²) in [6.45, 7) is 2.10. The minimum atomic E-state index is -0.138. The molecule has 0 saturated heterocycles. The molecule has 2 heteroatoms. The first-order valence-electron chi connectivity index (χ1n) is 7.01. The lowest BCUT2D eigenvalue weighted by molar-refractivity contribution is -0.124. The van der Waals surface area contributed by atoms with Gasteiger partial charge >= 0.3 is 0 Å². The van der Waals surface area contributed by atoms with Crippen LogP contribution < -0.4 is 4.74 Å². The standard InChI is InChI=1S/C17H22O2/c1-17(12-4-3-5-13-17)16(18)11-8-14-6-9-15(19-2)10-7-14/h6-11H,3-5,12-13H2,1-2H3/b11-8-. The molecule has 1 aliphatic rings. The first-order valence-corrected chi connectivity index (χ1v) is 7.01. The van der Waals surface area contributed by atoms with Crippen LogP contribution in [0.1, 0.15) is 44.6 Å². The average molecular weight is 258 g/mol. The van der Waals surface area contributed by atoms with E-state index in [1.807, 2.05) is 30.3 Å². The van der Waals surface area contributed by atoms with Gasteiger partial charge in [-0.05, 0) is 36.6 Å². The molecule has 1 aliphatic carbocycles. The predicted molar refractivity (Wildman–Crippen MR) is 78.2 cm³/mol. The number of ketones is 1. The smallest absolute Gasteiger partial charge is 0.161 e. The molecule has 0 spiro atoms. The molecule has 1 fully saturated rings. The Kier molecular flexibility index (Phi) is 4.41. The van der Waals surface area contributed by atoms with Crippen LogP contribution in [-0.2, 0) is 4.79 Å². The molecule has 0 aliphatic heterocycles. The lowest BCUT2D eigenvalue weighted by Gasteiger charge is -2.30. The Morgan fingerprint density at radius 3 is 2.37 bits per heavy atom. The van der Waals surface area contributed by atoms with E-state index >= 15 is 0 Å². The maximum absolute atomic E-state index is 12.3. The third-order valence-electron chi connectivity index (χ3n) is 4.09. The Balaban J connectivity index is 2.02. The molecule has 0 heterocycles. The van der Waals surface area contributed by atoms with E-state index in [-0.39, 0.29) is 11.2 Å². The monoisotopic (exact) mass is 258 g/mol. The lowest BCUT2D eigenvalue weighted by Crippen LogP contribution is -2.28. The molecular formula is C17H22O2. The Morgan fingerprint density at radius 2 is 1.79 bits per heavy atom.